The van der Waals surface area contributed by atoms with E-state index in [-0.39, 0.29) is 23.0 Å². The number of nitro groups is 1. The van der Waals surface area contributed by atoms with Crippen molar-refractivity contribution in [3.05, 3.63) is 70.1 Å². The summed E-state index contributed by atoms with van der Waals surface area (Å²) in [5.74, 6) is 1.04. The maximum atomic E-state index is 13.1. The molecule has 2 heterocycles. The van der Waals surface area contributed by atoms with Gasteiger partial charge in [0, 0.05) is 30.8 Å². The van der Waals surface area contributed by atoms with E-state index in [0.717, 1.165) is 18.1 Å². The van der Waals surface area contributed by atoms with Crippen molar-refractivity contribution in [1.29, 1.82) is 0 Å². The third-order valence-corrected chi connectivity index (χ3v) is 7.54. The van der Waals surface area contributed by atoms with Gasteiger partial charge in [0.05, 0.1) is 15.7 Å². The number of benzene rings is 2. The van der Waals surface area contributed by atoms with Gasteiger partial charge in [-0.3, -0.25) is 10.1 Å². The molecule has 168 valence electrons. The first-order chi connectivity index (χ1) is 15.3. The summed E-state index contributed by atoms with van der Waals surface area (Å²) in [6, 6.07) is 13.1. The zero-order chi connectivity index (χ0) is 22.9. The summed E-state index contributed by atoms with van der Waals surface area (Å²) >= 11 is 0. The molecule has 0 aliphatic carbocycles. The number of nitro benzene ring substituents is 1. The molecule has 1 aromatic heterocycles. The molecule has 9 nitrogen and oxygen atoms in total. The monoisotopic (exact) mass is 456 g/mol. The highest BCUT2D eigenvalue weighted by atomic mass is 32.2. The fourth-order valence-corrected chi connectivity index (χ4v) is 5.37. The summed E-state index contributed by atoms with van der Waals surface area (Å²) < 4.78 is 33.0. The van der Waals surface area contributed by atoms with E-state index in [1.807, 2.05) is 24.3 Å². The molecule has 2 aromatic carbocycles. The Balaban J connectivity index is 1.53. The normalized spacial score (nSPS) is 17.5. The van der Waals surface area contributed by atoms with E-state index in [4.69, 9.17) is 4.52 Å². The molecule has 0 radical (unpaired) electrons. The summed E-state index contributed by atoms with van der Waals surface area (Å²) in [6.07, 6.45) is 1.34. The molecule has 1 atom stereocenters. The average molecular weight is 457 g/mol. The van der Waals surface area contributed by atoms with E-state index in [9.17, 15) is 18.5 Å². The van der Waals surface area contributed by atoms with Gasteiger partial charge < -0.3 is 4.52 Å². The molecule has 0 unspecified atom stereocenters. The van der Waals surface area contributed by atoms with Crippen LogP contribution in [0.2, 0.25) is 0 Å². The van der Waals surface area contributed by atoms with Crippen molar-refractivity contribution in [3.63, 3.8) is 0 Å². The Morgan fingerprint density at radius 2 is 1.94 bits per heavy atom. The number of aromatic nitrogens is 2. The molecule has 1 saturated heterocycles. The fourth-order valence-electron chi connectivity index (χ4n) is 3.80. The lowest BCUT2D eigenvalue weighted by molar-refractivity contribution is -0.385. The summed E-state index contributed by atoms with van der Waals surface area (Å²) in [7, 11) is -3.88. The summed E-state index contributed by atoms with van der Waals surface area (Å²) in [6.45, 7) is 4.76. The molecule has 1 aliphatic heterocycles. The Hall–Kier alpha value is -3.11. The first-order valence-electron chi connectivity index (χ1n) is 10.4. The molecule has 32 heavy (non-hydrogen) atoms. The van der Waals surface area contributed by atoms with Crippen LogP contribution in [0.5, 0.6) is 0 Å². The summed E-state index contributed by atoms with van der Waals surface area (Å²) in [5.41, 5.74) is 1.79. The van der Waals surface area contributed by atoms with E-state index in [2.05, 4.69) is 24.0 Å². The maximum absolute atomic E-state index is 13.1. The maximum Gasteiger partial charge on any atom is 0.270 e. The number of non-ortho nitro benzene ring substituents is 1. The molecule has 0 bridgehead atoms. The number of hydrogen-bond donors (Lipinski definition) is 0. The van der Waals surface area contributed by atoms with Gasteiger partial charge in [-0.25, -0.2) is 8.42 Å². The second-order valence-electron chi connectivity index (χ2n) is 8.19. The van der Waals surface area contributed by atoms with Crippen LogP contribution in [0.3, 0.4) is 0 Å². The van der Waals surface area contributed by atoms with Gasteiger partial charge in [0.2, 0.25) is 21.7 Å². The van der Waals surface area contributed by atoms with Crippen LogP contribution in [0.1, 0.15) is 50.0 Å². The lowest BCUT2D eigenvalue weighted by atomic mass is 9.99. The third kappa shape index (κ3) is 4.42. The van der Waals surface area contributed by atoms with Gasteiger partial charge >= 0.3 is 0 Å². The smallest absolute Gasteiger partial charge is 0.270 e. The van der Waals surface area contributed by atoms with E-state index in [1.54, 1.807) is 0 Å². The summed E-state index contributed by atoms with van der Waals surface area (Å²) in [5, 5.41) is 15.1. The van der Waals surface area contributed by atoms with Gasteiger partial charge in [-0.15, -0.1) is 0 Å². The van der Waals surface area contributed by atoms with Crippen LogP contribution in [0.4, 0.5) is 5.69 Å². The van der Waals surface area contributed by atoms with Crippen molar-refractivity contribution >= 4 is 15.7 Å². The van der Waals surface area contributed by atoms with Gasteiger partial charge in [-0.2, -0.15) is 9.29 Å². The fraction of sp³-hybridized carbons (Fsp3) is 0.364. The molecular formula is C22H24N4O5S. The molecule has 0 N–H and O–H groups in total. The van der Waals surface area contributed by atoms with Crippen molar-refractivity contribution in [2.75, 3.05) is 13.1 Å². The van der Waals surface area contributed by atoms with Crippen LogP contribution in [0.25, 0.3) is 11.4 Å². The van der Waals surface area contributed by atoms with Gasteiger partial charge in [0.25, 0.3) is 5.69 Å². The van der Waals surface area contributed by atoms with E-state index in [0.29, 0.717) is 30.6 Å². The first-order valence-corrected chi connectivity index (χ1v) is 11.9. The van der Waals surface area contributed by atoms with Crippen LogP contribution in [-0.4, -0.2) is 40.9 Å². The number of rotatable bonds is 6. The quantitative estimate of drug-likeness (QED) is 0.400. The number of hydrogen-bond acceptors (Lipinski definition) is 7. The molecule has 1 fully saturated rings. The minimum Gasteiger partial charge on any atom is -0.339 e. The van der Waals surface area contributed by atoms with E-state index >= 15 is 0 Å². The highest BCUT2D eigenvalue weighted by molar-refractivity contribution is 7.89. The van der Waals surface area contributed by atoms with Gasteiger partial charge in [0.1, 0.15) is 0 Å². The minimum absolute atomic E-state index is 0.0937. The number of sulfonamides is 1. The highest BCUT2D eigenvalue weighted by Gasteiger charge is 2.34. The Morgan fingerprint density at radius 1 is 1.19 bits per heavy atom. The van der Waals surface area contributed by atoms with E-state index in [1.165, 1.54) is 28.1 Å². The standard InChI is InChI=1S/C22H24N4O5S/c1-15(2)16-8-10-17(11-9-16)21-23-22(31-24-21)18-5-4-12-25(14-18)32(29,30)20-7-3-6-19(13-20)26(27)28/h3,6-11,13,15,18H,4-5,12,14H2,1-2H3/t18-/m0/s1. The average Bonchev–Trinajstić information content (AvgIpc) is 3.30. The first kappa shape index (κ1) is 22.1. The Bertz CT molecular complexity index is 1220. The molecule has 0 saturated carbocycles. The van der Waals surface area contributed by atoms with Crippen molar-refractivity contribution < 1.29 is 17.9 Å². The number of nitrogens with zero attached hydrogens (tertiary/aromatic N) is 4. The zero-order valence-corrected chi connectivity index (χ0v) is 18.7. The van der Waals surface area contributed by atoms with Crippen molar-refractivity contribution in [1.82, 2.24) is 14.4 Å². The van der Waals surface area contributed by atoms with Crippen molar-refractivity contribution in [3.8, 4) is 11.4 Å². The third-order valence-electron chi connectivity index (χ3n) is 5.68. The van der Waals surface area contributed by atoms with Crippen LogP contribution in [0, 0.1) is 10.1 Å². The van der Waals surface area contributed by atoms with E-state index < -0.39 is 14.9 Å². The van der Waals surface area contributed by atoms with Gasteiger partial charge in [-0.1, -0.05) is 49.3 Å². The molecule has 3 aromatic rings. The highest BCUT2D eigenvalue weighted by Crippen LogP contribution is 2.31. The molecule has 0 spiro atoms. The second-order valence-corrected chi connectivity index (χ2v) is 10.1. The van der Waals surface area contributed by atoms with Gasteiger partial charge in [-0.05, 0) is 30.4 Å². The molecule has 4 rings (SSSR count). The lowest BCUT2D eigenvalue weighted by Gasteiger charge is -2.30. The number of piperidine rings is 1. The molecule has 0 amide bonds. The Labute approximate surface area is 186 Å². The topological polar surface area (TPSA) is 119 Å². The Kier molecular flexibility index (Phi) is 6.07. The largest absolute Gasteiger partial charge is 0.339 e. The molecule has 1 aliphatic rings. The predicted molar refractivity (Wildman–Crippen MR) is 118 cm³/mol. The molecule has 10 heteroatoms. The van der Waals surface area contributed by atoms with Crippen molar-refractivity contribution in [2.24, 2.45) is 0 Å². The van der Waals surface area contributed by atoms with Crippen LogP contribution in [-0.2, 0) is 10.0 Å². The summed E-state index contributed by atoms with van der Waals surface area (Å²) in [4.78, 5) is 14.9. The van der Waals surface area contributed by atoms with Gasteiger partial charge in [0.15, 0.2) is 0 Å². The van der Waals surface area contributed by atoms with Crippen LogP contribution < -0.4 is 0 Å². The van der Waals surface area contributed by atoms with Crippen LogP contribution >= 0.6 is 0 Å². The lowest BCUT2D eigenvalue weighted by Crippen LogP contribution is -2.39. The molecular weight excluding hydrogens is 432 g/mol. The second kappa shape index (κ2) is 8.79. The van der Waals surface area contributed by atoms with Crippen molar-refractivity contribution in [2.45, 2.75) is 43.4 Å². The zero-order valence-electron chi connectivity index (χ0n) is 17.8. The predicted octanol–water partition coefficient (Wildman–Crippen LogP) is 4.34. The minimum atomic E-state index is -3.88. The Morgan fingerprint density at radius 3 is 2.62 bits per heavy atom. The van der Waals surface area contributed by atoms with Crippen LogP contribution in [0.15, 0.2) is 57.9 Å². The SMILES string of the molecule is CC(C)c1ccc(-c2noc([C@H]3CCCN(S(=O)(=O)c4cccc([N+](=O)[O-])c4)C3)n2)cc1.